The van der Waals surface area contributed by atoms with E-state index in [9.17, 15) is 13.2 Å². The zero-order chi connectivity index (χ0) is 13.2. The molecule has 6 heteroatoms. The smallest absolute Gasteiger partial charge is 0.422 e. The molecule has 98 valence electrons. The maximum absolute atomic E-state index is 12.1. The number of halogens is 3. The maximum atomic E-state index is 12.1. The van der Waals surface area contributed by atoms with E-state index in [1.807, 2.05) is 0 Å². The molecule has 0 fully saturated rings. The van der Waals surface area contributed by atoms with Crippen LogP contribution in [0.2, 0.25) is 0 Å². The van der Waals surface area contributed by atoms with E-state index in [1.54, 1.807) is 12.1 Å². The van der Waals surface area contributed by atoms with Crippen LogP contribution in [0, 0.1) is 0 Å². The van der Waals surface area contributed by atoms with E-state index in [-0.39, 0.29) is 5.75 Å². The molecule has 3 nitrogen and oxygen atoms in total. The highest BCUT2D eigenvalue weighted by molar-refractivity contribution is 6.02. The van der Waals surface area contributed by atoms with Gasteiger partial charge in [-0.05, 0) is 25.3 Å². The van der Waals surface area contributed by atoms with Crippen LogP contribution in [0.4, 0.5) is 13.2 Å². The monoisotopic (exact) mass is 259 g/mol. The second-order valence-electron chi connectivity index (χ2n) is 4.09. The standard InChI is InChI=1S/C12H12F3NO2/c13-12(14,15)7-18-11-6-2-3-8-9(11)4-1-5-10(8)16-17/h2-3,6,17H,1,4-5,7H2. The first kappa shape index (κ1) is 12.7. The number of hydrogen-bond donors (Lipinski definition) is 1. The van der Waals surface area contributed by atoms with Crippen molar-refractivity contribution in [2.24, 2.45) is 5.16 Å². The summed E-state index contributed by atoms with van der Waals surface area (Å²) in [5.74, 6) is 0.214. The summed E-state index contributed by atoms with van der Waals surface area (Å²) in [6.07, 6.45) is -2.38. The first-order valence-corrected chi connectivity index (χ1v) is 5.54. The largest absolute Gasteiger partial charge is 0.484 e. The summed E-state index contributed by atoms with van der Waals surface area (Å²) in [6.45, 7) is -1.31. The van der Waals surface area contributed by atoms with Crippen molar-refractivity contribution in [1.29, 1.82) is 0 Å². The van der Waals surface area contributed by atoms with Gasteiger partial charge in [0.05, 0.1) is 5.71 Å². The van der Waals surface area contributed by atoms with Gasteiger partial charge in [0.2, 0.25) is 0 Å². The molecule has 0 saturated heterocycles. The molecule has 0 aliphatic heterocycles. The van der Waals surface area contributed by atoms with Crippen LogP contribution in [0.3, 0.4) is 0 Å². The number of nitrogens with zero attached hydrogens (tertiary/aromatic N) is 1. The molecule has 0 saturated carbocycles. The summed E-state index contributed by atoms with van der Waals surface area (Å²) in [7, 11) is 0. The van der Waals surface area contributed by atoms with Crippen molar-refractivity contribution in [3.05, 3.63) is 29.3 Å². The molecule has 2 rings (SSSR count). The highest BCUT2D eigenvalue weighted by Gasteiger charge is 2.29. The Morgan fingerprint density at radius 2 is 2.06 bits per heavy atom. The van der Waals surface area contributed by atoms with Crippen molar-refractivity contribution in [3.8, 4) is 5.75 Å². The van der Waals surface area contributed by atoms with Gasteiger partial charge in [-0.1, -0.05) is 17.3 Å². The van der Waals surface area contributed by atoms with E-state index in [1.165, 1.54) is 6.07 Å². The van der Waals surface area contributed by atoms with Gasteiger partial charge in [-0.25, -0.2) is 0 Å². The Morgan fingerprint density at radius 3 is 2.72 bits per heavy atom. The highest BCUT2D eigenvalue weighted by atomic mass is 19.4. The van der Waals surface area contributed by atoms with Gasteiger partial charge >= 0.3 is 6.18 Å². The summed E-state index contributed by atoms with van der Waals surface area (Å²) < 4.78 is 41.2. The predicted molar refractivity (Wildman–Crippen MR) is 59.3 cm³/mol. The van der Waals surface area contributed by atoms with E-state index in [0.29, 0.717) is 29.7 Å². The Morgan fingerprint density at radius 1 is 1.28 bits per heavy atom. The van der Waals surface area contributed by atoms with E-state index in [2.05, 4.69) is 5.16 Å². The van der Waals surface area contributed by atoms with Crippen LogP contribution < -0.4 is 4.74 Å². The van der Waals surface area contributed by atoms with Crippen LogP contribution in [0.5, 0.6) is 5.75 Å². The average Bonchev–Trinajstić information content (AvgIpc) is 2.34. The Bertz CT molecular complexity index is 469. The Labute approximate surface area is 102 Å². The molecular weight excluding hydrogens is 247 g/mol. The molecule has 18 heavy (non-hydrogen) atoms. The van der Waals surface area contributed by atoms with Gasteiger partial charge in [0.15, 0.2) is 6.61 Å². The molecule has 1 aromatic carbocycles. The molecule has 0 aromatic heterocycles. The molecule has 0 bridgehead atoms. The molecule has 1 N–H and O–H groups in total. The number of rotatable bonds is 2. The summed E-state index contributed by atoms with van der Waals surface area (Å²) in [5.41, 5.74) is 1.85. The van der Waals surface area contributed by atoms with Gasteiger partial charge in [-0.3, -0.25) is 0 Å². The minimum atomic E-state index is -4.36. The third kappa shape index (κ3) is 2.75. The average molecular weight is 259 g/mol. The van der Waals surface area contributed by atoms with Gasteiger partial charge < -0.3 is 9.94 Å². The zero-order valence-electron chi connectivity index (χ0n) is 9.50. The fourth-order valence-corrected chi connectivity index (χ4v) is 2.06. The van der Waals surface area contributed by atoms with Crippen molar-refractivity contribution >= 4 is 5.71 Å². The molecule has 0 unspecified atom stereocenters. The van der Waals surface area contributed by atoms with Crippen LogP contribution in [-0.2, 0) is 6.42 Å². The lowest BCUT2D eigenvalue weighted by molar-refractivity contribution is -0.153. The van der Waals surface area contributed by atoms with Crippen LogP contribution in [-0.4, -0.2) is 23.7 Å². The number of ether oxygens (including phenoxy) is 1. The predicted octanol–water partition coefficient (Wildman–Crippen LogP) is 3.14. The Hall–Kier alpha value is -1.72. The summed E-state index contributed by atoms with van der Waals surface area (Å²) in [6, 6.07) is 4.83. The van der Waals surface area contributed by atoms with Gasteiger partial charge in [-0.2, -0.15) is 13.2 Å². The molecular formula is C12H12F3NO2. The van der Waals surface area contributed by atoms with Gasteiger partial charge in [0.1, 0.15) is 5.75 Å². The summed E-state index contributed by atoms with van der Waals surface area (Å²) >= 11 is 0. The number of hydrogen-bond acceptors (Lipinski definition) is 3. The first-order valence-electron chi connectivity index (χ1n) is 5.54. The van der Waals surface area contributed by atoms with E-state index >= 15 is 0 Å². The minimum absolute atomic E-state index is 0.214. The SMILES string of the molecule is ON=C1CCCc2c(OCC(F)(F)F)cccc21. The van der Waals surface area contributed by atoms with Gasteiger partial charge in [-0.15, -0.1) is 0 Å². The molecule has 0 amide bonds. The van der Waals surface area contributed by atoms with Crippen molar-refractivity contribution in [2.75, 3.05) is 6.61 Å². The summed E-state index contributed by atoms with van der Waals surface area (Å²) in [4.78, 5) is 0. The maximum Gasteiger partial charge on any atom is 0.422 e. The van der Waals surface area contributed by atoms with Crippen LogP contribution >= 0.6 is 0 Å². The Balaban J connectivity index is 2.28. The Kier molecular flexibility index (Phi) is 3.45. The van der Waals surface area contributed by atoms with Crippen LogP contribution in [0.1, 0.15) is 24.0 Å². The van der Waals surface area contributed by atoms with Gasteiger partial charge in [0.25, 0.3) is 0 Å². The molecule has 0 radical (unpaired) electrons. The highest BCUT2D eigenvalue weighted by Crippen LogP contribution is 2.31. The van der Waals surface area contributed by atoms with E-state index < -0.39 is 12.8 Å². The van der Waals surface area contributed by atoms with Crippen molar-refractivity contribution in [3.63, 3.8) is 0 Å². The minimum Gasteiger partial charge on any atom is -0.484 e. The molecule has 0 atom stereocenters. The van der Waals surface area contributed by atoms with Gasteiger partial charge in [0, 0.05) is 11.1 Å². The van der Waals surface area contributed by atoms with Crippen molar-refractivity contribution in [2.45, 2.75) is 25.4 Å². The number of fused-ring (bicyclic) bond motifs is 1. The summed E-state index contributed by atoms with van der Waals surface area (Å²) in [5, 5.41) is 12.0. The number of oxime groups is 1. The van der Waals surface area contributed by atoms with Crippen molar-refractivity contribution in [1.82, 2.24) is 0 Å². The number of benzene rings is 1. The first-order chi connectivity index (χ1) is 8.51. The van der Waals surface area contributed by atoms with Crippen molar-refractivity contribution < 1.29 is 23.1 Å². The van der Waals surface area contributed by atoms with Crippen LogP contribution in [0.25, 0.3) is 0 Å². The normalized spacial score (nSPS) is 17.6. The number of alkyl halides is 3. The lowest BCUT2D eigenvalue weighted by Gasteiger charge is -2.20. The molecule has 0 heterocycles. The second kappa shape index (κ2) is 4.88. The van der Waals surface area contributed by atoms with E-state index in [0.717, 1.165) is 6.42 Å². The fraction of sp³-hybridized carbons (Fsp3) is 0.417. The fourth-order valence-electron chi connectivity index (χ4n) is 2.06. The topological polar surface area (TPSA) is 41.8 Å². The molecule has 1 aliphatic carbocycles. The van der Waals surface area contributed by atoms with Crippen LogP contribution in [0.15, 0.2) is 23.4 Å². The lowest BCUT2D eigenvalue weighted by Crippen LogP contribution is -2.21. The quantitative estimate of drug-likeness (QED) is 0.654. The molecule has 1 aliphatic rings. The third-order valence-electron chi connectivity index (χ3n) is 2.80. The molecule has 1 aromatic rings. The van der Waals surface area contributed by atoms with E-state index in [4.69, 9.17) is 9.94 Å². The lowest BCUT2D eigenvalue weighted by atomic mass is 9.89. The zero-order valence-corrected chi connectivity index (χ0v) is 9.50. The second-order valence-corrected chi connectivity index (χ2v) is 4.09. The third-order valence-corrected chi connectivity index (χ3v) is 2.80. The molecule has 0 spiro atoms.